The first-order valence-corrected chi connectivity index (χ1v) is 6.32. The molecule has 0 fully saturated rings. The summed E-state index contributed by atoms with van der Waals surface area (Å²) in [5, 5.41) is 2.04. The van der Waals surface area contributed by atoms with Gasteiger partial charge in [-0.3, -0.25) is 0 Å². The fraction of sp³-hybridized carbons (Fsp3) is 0.0909. The summed E-state index contributed by atoms with van der Waals surface area (Å²) in [5.41, 5.74) is 6.03. The highest BCUT2D eigenvalue weighted by molar-refractivity contribution is 7.98. The molecular weight excluding hydrogens is 229 g/mol. The predicted octanol–water partition coefficient (Wildman–Crippen LogP) is 3.76. The number of thioether (sulfide) groups is 1. The van der Waals surface area contributed by atoms with Crippen LogP contribution in [0.1, 0.15) is 4.88 Å². The van der Waals surface area contributed by atoms with Crippen molar-refractivity contribution in [1.82, 2.24) is 0 Å². The van der Waals surface area contributed by atoms with E-state index >= 15 is 0 Å². The largest absolute Gasteiger partial charge is 0.399 e. The molecule has 1 nitrogen and oxygen atoms in total. The summed E-state index contributed by atoms with van der Waals surface area (Å²) in [7, 11) is 0. The minimum Gasteiger partial charge on any atom is -0.399 e. The van der Waals surface area contributed by atoms with E-state index in [2.05, 4.69) is 6.07 Å². The molecule has 0 radical (unpaired) electrons. The highest BCUT2D eigenvalue weighted by atomic mass is 32.2. The molecule has 0 unspecified atom stereocenters. The molecule has 0 atom stereocenters. The zero-order valence-electron chi connectivity index (χ0n) is 7.94. The van der Waals surface area contributed by atoms with Crippen molar-refractivity contribution >= 4 is 28.8 Å². The minimum absolute atomic E-state index is 0.274. The third-order valence-corrected chi connectivity index (χ3v) is 3.94. The lowest BCUT2D eigenvalue weighted by Gasteiger charge is -2.01. The van der Waals surface area contributed by atoms with Crippen molar-refractivity contribution in [3.05, 3.63) is 46.4 Å². The summed E-state index contributed by atoms with van der Waals surface area (Å²) in [6.07, 6.45) is 0. The number of rotatable bonds is 3. The van der Waals surface area contributed by atoms with Gasteiger partial charge in [-0.15, -0.1) is 23.1 Å². The van der Waals surface area contributed by atoms with Gasteiger partial charge >= 0.3 is 0 Å². The first-order valence-electron chi connectivity index (χ1n) is 4.45. The van der Waals surface area contributed by atoms with Gasteiger partial charge in [-0.05, 0) is 29.6 Å². The van der Waals surface area contributed by atoms with Gasteiger partial charge in [0.1, 0.15) is 5.82 Å². The van der Waals surface area contributed by atoms with Crippen molar-refractivity contribution in [2.45, 2.75) is 10.6 Å². The molecule has 0 saturated carbocycles. The smallest absolute Gasteiger partial charge is 0.126 e. The van der Waals surface area contributed by atoms with Crippen molar-refractivity contribution < 1.29 is 4.39 Å². The van der Waals surface area contributed by atoms with Gasteiger partial charge in [0.25, 0.3) is 0 Å². The van der Waals surface area contributed by atoms with Crippen molar-refractivity contribution in [3.63, 3.8) is 0 Å². The third kappa shape index (κ3) is 2.97. The van der Waals surface area contributed by atoms with Crippen LogP contribution in [0.25, 0.3) is 0 Å². The van der Waals surface area contributed by atoms with Gasteiger partial charge in [0, 0.05) is 21.2 Å². The molecule has 78 valence electrons. The molecule has 0 amide bonds. The van der Waals surface area contributed by atoms with Crippen LogP contribution in [-0.2, 0) is 5.75 Å². The second-order valence-electron chi connectivity index (χ2n) is 3.09. The molecule has 0 saturated heterocycles. The maximum Gasteiger partial charge on any atom is 0.126 e. The normalized spacial score (nSPS) is 10.5. The standard InChI is InChI=1S/C11H10FNS2/c12-8-4-9(13)6-11(5-8)15-7-10-2-1-3-14-10/h1-6H,7,13H2. The van der Waals surface area contributed by atoms with E-state index in [1.807, 2.05) is 11.4 Å². The fourth-order valence-electron chi connectivity index (χ4n) is 1.22. The van der Waals surface area contributed by atoms with Crippen molar-refractivity contribution in [3.8, 4) is 0 Å². The van der Waals surface area contributed by atoms with Crippen LogP contribution in [0.3, 0.4) is 0 Å². The van der Waals surface area contributed by atoms with Crippen LogP contribution in [0.2, 0.25) is 0 Å². The molecule has 0 bridgehead atoms. The predicted molar refractivity (Wildman–Crippen MR) is 64.7 cm³/mol. The lowest BCUT2D eigenvalue weighted by Crippen LogP contribution is -1.87. The van der Waals surface area contributed by atoms with E-state index in [1.54, 1.807) is 29.2 Å². The van der Waals surface area contributed by atoms with Gasteiger partial charge in [0.05, 0.1) is 0 Å². The third-order valence-electron chi connectivity index (χ3n) is 1.85. The fourth-order valence-corrected chi connectivity index (χ4v) is 2.98. The lowest BCUT2D eigenvalue weighted by molar-refractivity contribution is 0.625. The van der Waals surface area contributed by atoms with Crippen LogP contribution >= 0.6 is 23.1 Å². The summed E-state index contributed by atoms with van der Waals surface area (Å²) in [5.74, 6) is 0.587. The van der Waals surface area contributed by atoms with Gasteiger partial charge in [0.15, 0.2) is 0 Å². The number of nitrogen functional groups attached to an aromatic ring is 1. The average Bonchev–Trinajstić information content (AvgIpc) is 2.65. The van der Waals surface area contributed by atoms with E-state index in [0.717, 1.165) is 10.6 Å². The van der Waals surface area contributed by atoms with Gasteiger partial charge in [-0.2, -0.15) is 0 Å². The van der Waals surface area contributed by atoms with Gasteiger partial charge < -0.3 is 5.73 Å². The highest BCUT2D eigenvalue weighted by Gasteiger charge is 2.00. The first kappa shape index (κ1) is 10.5. The Balaban J connectivity index is 2.05. The number of anilines is 1. The molecule has 0 spiro atoms. The molecular formula is C11H10FNS2. The van der Waals surface area contributed by atoms with Crippen molar-refractivity contribution in [1.29, 1.82) is 0 Å². The van der Waals surface area contributed by atoms with Gasteiger partial charge in [-0.1, -0.05) is 6.07 Å². The Bertz CT molecular complexity index is 420. The maximum atomic E-state index is 13.0. The molecule has 2 N–H and O–H groups in total. The number of hydrogen-bond donors (Lipinski definition) is 1. The van der Waals surface area contributed by atoms with Crippen molar-refractivity contribution in [2.24, 2.45) is 0 Å². The van der Waals surface area contributed by atoms with Gasteiger partial charge in [0.2, 0.25) is 0 Å². The number of thiophene rings is 1. The Hall–Kier alpha value is -1.00. The Morgan fingerprint density at radius 1 is 1.33 bits per heavy atom. The lowest BCUT2D eigenvalue weighted by atomic mass is 10.3. The van der Waals surface area contributed by atoms with Crippen molar-refractivity contribution in [2.75, 3.05) is 5.73 Å². The summed E-state index contributed by atoms with van der Waals surface area (Å²) in [4.78, 5) is 2.16. The number of halogens is 1. The summed E-state index contributed by atoms with van der Waals surface area (Å²) < 4.78 is 13.0. The van der Waals surface area contributed by atoms with E-state index in [0.29, 0.717) is 5.69 Å². The molecule has 0 aliphatic carbocycles. The monoisotopic (exact) mass is 239 g/mol. The number of nitrogens with two attached hydrogens (primary N) is 1. The summed E-state index contributed by atoms with van der Waals surface area (Å²) >= 11 is 3.30. The molecule has 4 heteroatoms. The average molecular weight is 239 g/mol. The molecule has 1 aromatic heterocycles. The van der Waals surface area contributed by atoms with Gasteiger partial charge in [-0.25, -0.2) is 4.39 Å². The second kappa shape index (κ2) is 4.68. The Morgan fingerprint density at radius 3 is 2.87 bits per heavy atom. The van der Waals surface area contributed by atoms with E-state index in [1.165, 1.54) is 17.0 Å². The highest BCUT2D eigenvalue weighted by Crippen LogP contribution is 2.27. The molecule has 0 aliphatic heterocycles. The zero-order chi connectivity index (χ0) is 10.7. The van der Waals surface area contributed by atoms with E-state index in [9.17, 15) is 4.39 Å². The SMILES string of the molecule is Nc1cc(F)cc(SCc2cccs2)c1. The molecule has 15 heavy (non-hydrogen) atoms. The maximum absolute atomic E-state index is 13.0. The second-order valence-corrected chi connectivity index (χ2v) is 5.17. The van der Waals surface area contributed by atoms with Crippen LogP contribution in [0.5, 0.6) is 0 Å². The summed E-state index contributed by atoms with van der Waals surface area (Å²) in [6.45, 7) is 0. The van der Waals surface area contributed by atoms with Crippen LogP contribution in [-0.4, -0.2) is 0 Å². The Kier molecular flexibility index (Phi) is 3.28. The number of hydrogen-bond acceptors (Lipinski definition) is 3. The van der Waals surface area contributed by atoms with E-state index in [4.69, 9.17) is 5.73 Å². The number of benzene rings is 1. The van der Waals surface area contributed by atoms with Crippen LogP contribution < -0.4 is 5.73 Å². The quantitative estimate of drug-likeness (QED) is 0.652. The molecule has 0 aliphatic rings. The van der Waals surface area contributed by atoms with Crippen LogP contribution in [0, 0.1) is 5.82 Å². The van der Waals surface area contributed by atoms with E-state index < -0.39 is 0 Å². The molecule has 1 heterocycles. The first-order chi connectivity index (χ1) is 7.24. The zero-order valence-corrected chi connectivity index (χ0v) is 9.58. The minimum atomic E-state index is -0.274. The molecule has 2 aromatic rings. The Labute approximate surface area is 96.1 Å². The molecule has 1 aromatic carbocycles. The topological polar surface area (TPSA) is 26.0 Å². The van der Waals surface area contributed by atoms with E-state index in [-0.39, 0.29) is 5.82 Å². The van der Waals surface area contributed by atoms with Crippen LogP contribution in [0.4, 0.5) is 10.1 Å². The van der Waals surface area contributed by atoms with Crippen LogP contribution in [0.15, 0.2) is 40.6 Å². The summed E-state index contributed by atoms with van der Waals surface area (Å²) in [6, 6.07) is 8.71. The Morgan fingerprint density at radius 2 is 2.20 bits per heavy atom. The molecule has 2 rings (SSSR count).